The van der Waals surface area contributed by atoms with Gasteiger partial charge in [-0.15, -0.1) is 11.3 Å². The number of hydrogen-bond acceptors (Lipinski definition) is 6. The van der Waals surface area contributed by atoms with Crippen LogP contribution in [0.4, 0.5) is 5.13 Å². The molecule has 0 atom stereocenters. The third-order valence-electron chi connectivity index (χ3n) is 4.61. The molecule has 4 aromatic rings. The van der Waals surface area contributed by atoms with Crippen LogP contribution in [0.5, 0.6) is 5.75 Å². The normalized spacial score (nSPS) is 13.1. The summed E-state index contributed by atoms with van der Waals surface area (Å²) in [6.07, 6.45) is 2.01. The van der Waals surface area contributed by atoms with E-state index in [-0.39, 0.29) is 5.91 Å². The van der Waals surface area contributed by atoms with E-state index in [9.17, 15) is 9.59 Å². The zero-order valence-electron chi connectivity index (χ0n) is 14.7. The molecule has 2 aromatic carbocycles. The van der Waals surface area contributed by atoms with E-state index in [1.807, 2.05) is 17.5 Å². The number of nitrogens with one attached hydrogen (secondary N) is 2. The van der Waals surface area contributed by atoms with Crippen LogP contribution in [0.2, 0.25) is 0 Å². The number of carbonyl (C=O) groups is 1. The minimum absolute atomic E-state index is 0.302. The molecule has 7 nitrogen and oxygen atoms in total. The summed E-state index contributed by atoms with van der Waals surface area (Å²) in [5.41, 5.74) is 4.29. The first-order valence-electron chi connectivity index (χ1n) is 8.81. The molecule has 1 aliphatic rings. The molecule has 0 bridgehead atoms. The molecule has 5 rings (SSSR count). The van der Waals surface area contributed by atoms with Crippen molar-refractivity contribution in [1.82, 2.24) is 9.97 Å². The molecule has 0 fully saturated rings. The zero-order chi connectivity index (χ0) is 19.1. The van der Waals surface area contributed by atoms with Crippen molar-refractivity contribution < 1.29 is 13.9 Å². The molecular formula is C20H15N3O4S. The molecule has 0 aliphatic carbocycles. The van der Waals surface area contributed by atoms with Gasteiger partial charge in [0.05, 0.1) is 17.8 Å². The summed E-state index contributed by atoms with van der Waals surface area (Å²) in [5.74, 6) is 0.0858. The van der Waals surface area contributed by atoms with E-state index in [0.717, 1.165) is 36.5 Å². The first-order valence-corrected chi connectivity index (χ1v) is 9.69. The predicted molar refractivity (Wildman–Crippen MR) is 106 cm³/mol. The van der Waals surface area contributed by atoms with Crippen LogP contribution < -0.4 is 15.8 Å². The SMILES string of the molecule is O=C(Nc1nc(-c2ccc3c(c2)CCCO3)cs1)c1ccc2oc(=O)[nH]c2c1. The van der Waals surface area contributed by atoms with Gasteiger partial charge >= 0.3 is 5.76 Å². The highest BCUT2D eigenvalue weighted by Crippen LogP contribution is 2.31. The van der Waals surface area contributed by atoms with E-state index >= 15 is 0 Å². The van der Waals surface area contributed by atoms with Crippen LogP contribution in [0.15, 0.2) is 51.0 Å². The van der Waals surface area contributed by atoms with E-state index in [1.54, 1.807) is 18.2 Å². The van der Waals surface area contributed by atoms with Gasteiger partial charge in [0.1, 0.15) is 5.75 Å². The highest BCUT2D eigenvalue weighted by molar-refractivity contribution is 7.14. The largest absolute Gasteiger partial charge is 0.493 e. The van der Waals surface area contributed by atoms with Gasteiger partial charge in [-0.2, -0.15) is 0 Å². The Labute approximate surface area is 163 Å². The summed E-state index contributed by atoms with van der Waals surface area (Å²) in [4.78, 5) is 30.8. The predicted octanol–water partition coefficient (Wildman–Crippen LogP) is 3.82. The van der Waals surface area contributed by atoms with Gasteiger partial charge in [0.2, 0.25) is 0 Å². The number of ether oxygens (including phenoxy) is 1. The average molecular weight is 393 g/mol. The van der Waals surface area contributed by atoms with Crippen molar-refractivity contribution in [3.8, 4) is 17.0 Å². The Hall–Kier alpha value is -3.39. The molecule has 3 heterocycles. The first kappa shape index (κ1) is 16.8. The number of thiazole rings is 1. The second-order valence-corrected chi connectivity index (χ2v) is 7.35. The Balaban J connectivity index is 1.37. The summed E-state index contributed by atoms with van der Waals surface area (Å²) < 4.78 is 10.6. The number of nitrogens with zero attached hydrogens (tertiary/aromatic N) is 1. The van der Waals surface area contributed by atoms with E-state index in [0.29, 0.717) is 21.8 Å². The van der Waals surface area contributed by atoms with E-state index in [1.165, 1.54) is 16.9 Å². The molecule has 28 heavy (non-hydrogen) atoms. The number of aromatic amines is 1. The van der Waals surface area contributed by atoms with Gasteiger partial charge in [0, 0.05) is 16.5 Å². The average Bonchev–Trinajstić information content (AvgIpc) is 3.32. The number of aryl methyl sites for hydroxylation is 1. The zero-order valence-corrected chi connectivity index (χ0v) is 15.5. The molecule has 0 radical (unpaired) electrons. The number of amides is 1. The Morgan fingerprint density at radius 1 is 1.21 bits per heavy atom. The number of benzene rings is 2. The Morgan fingerprint density at radius 3 is 3.07 bits per heavy atom. The minimum atomic E-state index is -0.549. The number of carbonyl (C=O) groups excluding carboxylic acids is 1. The molecule has 2 N–H and O–H groups in total. The van der Waals surface area contributed by atoms with Crippen molar-refractivity contribution in [3.05, 3.63) is 63.5 Å². The molecule has 140 valence electrons. The highest BCUT2D eigenvalue weighted by atomic mass is 32.1. The lowest BCUT2D eigenvalue weighted by molar-refractivity contribution is 0.102. The quantitative estimate of drug-likeness (QED) is 0.551. The van der Waals surface area contributed by atoms with Crippen LogP contribution >= 0.6 is 11.3 Å². The summed E-state index contributed by atoms with van der Waals surface area (Å²) in [7, 11) is 0. The molecule has 1 amide bonds. The van der Waals surface area contributed by atoms with Crippen molar-refractivity contribution in [2.45, 2.75) is 12.8 Å². The third kappa shape index (κ3) is 3.07. The molecule has 2 aromatic heterocycles. The Kier molecular flexibility index (Phi) is 3.98. The number of anilines is 1. The fraction of sp³-hybridized carbons (Fsp3) is 0.150. The van der Waals surface area contributed by atoms with Gasteiger partial charge < -0.3 is 9.15 Å². The van der Waals surface area contributed by atoms with Crippen LogP contribution in [-0.2, 0) is 6.42 Å². The summed E-state index contributed by atoms with van der Waals surface area (Å²) in [6.45, 7) is 0.762. The van der Waals surface area contributed by atoms with Crippen molar-refractivity contribution in [3.63, 3.8) is 0 Å². The highest BCUT2D eigenvalue weighted by Gasteiger charge is 2.14. The summed E-state index contributed by atoms with van der Waals surface area (Å²) >= 11 is 1.36. The number of aromatic nitrogens is 2. The maximum absolute atomic E-state index is 12.5. The molecule has 0 unspecified atom stereocenters. The van der Waals surface area contributed by atoms with Gasteiger partial charge in [-0.25, -0.2) is 9.78 Å². The van der Waals surface area contributed by atoms with Crippen molar-refractivity contribution in [2.24, 2.45) is 0 Å². The second kappa shape index (κ2) is 6.65. The van der Waals surface area contributed by atoms with E-state index in [4.69, 9.17) is 9.15 Å². The standard InChI is InChI=1S/C20H15N3O4S/c24-18(13-4-6-17-14(9-13)22-20(25)27-17)23-19-21-15(10-28-19)11-3-5-16-12(8-11)2-1-7-26-16/h3-6,8-10H,1-2,7H2,(H,22,25)(H,21,23,24). The number of rotatable bonds is 3. The molecule has 8 heteroatoms. The van der Waals surface area contributed by atoms with Gasteiger partial charge in [-0.05, 0) is 54.8 Å². The molecule has 0 saturated heterocycles. The number of H-pyrrole nitrogens is 1. The third-order valence-corrected chi connectivity index (χ3v) is 5.37. The van der Waals surface area contributed by atoms with Crippen LogP contribution in [0, 0.1) is 0 Å². The van der Waals surface area contributed by atoms with Crippen LogP contribution in [0.25, 0.3) is 22.4 Å². The summed E-state index contributed by atoms with van der Waals surface area (Å²) in [5, 5.41) is 5.23. The number of fused-ring (bicyclic) bond motifs is 2. The van der Waals surface area contributed by atoms with Crippen molar-refractivity contribution >= 4 is 33.5 Å². The lowest BCUT2D eigenvalue weighted by atomic mass is 10.0. The van der Waals surface area contributed by atoms with Gasteiger partial charge in [0.15, 0.2) is 10.7 Å². The Morgan fingerprint density at radius 2 is 2.14 bits per heavy atom. The summed E-state index contributed by atoms with van der Waals surface area (Å²) in [6, 6.07) is 10.8. The monoisotopic (exact) mass is 393 g/mol. The topological polar surface area (TPSA) is 97.2 Å². The van der Waals surface area contributed by atoms with Crippen LogP contribution in [-0.4, -0.2) is 22.5 Å². The fourth-order valence-electron chi connectivity index (χ4n) is 3.25. The second-order valence-electron chi connectivity index (χ2n) is 6.49. The number of oxazole rings is 1. The molecule has 0 saturated carbocycles. The molecule has 1 aliphatic heterocycles. The van der Waals surface area contributed by atoms with Crippen molar-refractivity contribution in [1.29, 1.82) is 0 Å². The van der Waals surface area contributed by atoms with Gasteiger partial charge in [0.25, 0.3) is 5.91 Å². The smallest absolute Gasteiger partial charge is 0.417 e. The maximum atomic E-state index is 12.5. The van der Waals surface area contributed by atoms with Crippen LogP contribution in [0.1, 0.15) is 22.3 Å². The van der Waals surface area contributed by atoms with Gasteiger partial charge in [-0.1, -0.05) is 0 Å². The van der Waals surface area contributed by atoms with Gasteiger partial charge in [-0.3, -0.25) is 15.1 Å². The lowest BCUT2D eigenvalue weighted by Crippen LogP contribution is -2.11. The van der Waals surface area contributed by atoms with Crippen molar-refractivity contribution in [2.75, 3.05) is 11.9 Å². The maximum Gasteiger partial charge on any atom is 0.417 e. The van der Waals surface area contributed by atoms with E-state index in [2.05, 4.69) is 21.4 Å². The molecular weight excluding hydrogens is 378 g/mol. The first-order chi connectivity index (χ1) is 13.7. The number of hydrogen-bond donors (Lipinski definition) is 2. The lowest BCUT2D eigenvalue weighted by Gasteiger charge is -2.17. The molecule has 0 spiro atoms. The Bertz CT molecular complexity index is 1250. The minimum Gasteiger partial charge on any atom is -0.493 e. The van der Waals surface area contributed by atoms with E-state index < -0.39 is 5.76 Å². The van der Waals surface area contributed by atoms with Crippen LogP contribution in [0.3, 0.4) is 0 Å². The fourth-order valence-corrected chi connectivity index (χ4v) is 3.96.